The second kappa shape index (κ2) is 10.8. The molecule has 2 N–H and O–H groups in total. The Hall–Kier alpha value is -0.910. The molecule has 5 nitrogen and oxygen atoms in total. The topological polar surface area (TPSA) is 69.6 Å². The van der Waals surface area contributed by atoms with Gasteiger partial charge in [-0.2, -0.15) is 0 Å². The van der Waals surface area contributed by atoms with Gasteiger partial charge in [0.25, 0.3) is 0 Å². The lowest BCUT2D eigenvalue weighted by atomic mass is 10.1. The maximum Gasteiger partial charge on any atom is 0.327 e. The van der Waals surface area contributed by atoms with E-state index in [0.717, 1.165) is 12.8 Å². The minimum absolute atomic E-state index is 0.240. The Morgan fingerprint density at radius 2 is 1.76 bits per heavy atom. The molecule has 0 aliphatic carbocycles. The van der Waals surface area contributed by atoms with E-state index >= 15 is 0 Å². The van der Waals surface area contributed by atoms with Gasteiger partial charge in [0, 0.05) is 12.3 Å². The average Bonchev–Trinajstić information content (AvgIpc) is 2.95. The molecule has 0 aromatic rings. The highest BCUT2D eigenvalue weighted by Gasteiger charge is 2.34. The quantitative estimate of drug-likeness (QED) is 0.607. The number of nitrogens with zero attached hydrogens (tertiary/aromatic N) is 1. The molecule has 6 heteroatoms. The van der Waals surface area contributed by atoms with Gasteiger partial charge in [-0.1, -0.05) is 51.9 Å². The molecule has 0 bridgehead atoms. The summed E-state index contributed by atoms with van der Waals surface area (Å²) in [6.07, 6.45) is 9.84. The van der Waals surface area contributed by atoms with Crippen LogP contribution in [0.15, 0.2) is 0 Å². The van der Waals surface area contributed by atoms with E-state index in [1.165, 1.54) is 55.2 Å². The van der Waals surface area contributed by atoms with Gasteiger partial charge < -0.3 is 15.3 Å². The molecular weight excluding hydrogens is 288 g/mol. The summed E-state index contributed by atoms with van der Waals surface area (Å²) >= 11 is 1.49. The summed E-state index contributed by atoms with van der Waals surface area (Å²) in [5, 5.41) is 11.9. The number of hydrogen-bond acceptors (Lipinski definition) is 3. The van der Waals surface area contributed by atoms with Crippen LogP contribution in [0.4, 0.5) is 4.79 Å². The Morgan fingerprint density at radius 1 is 1.14 bits per heavy atom. The number of nitrogens with one attached hydrogen (secondary N) is 1. The van der Waals surface area contributed by atoms with Gasteiger partial charge in [-0.15, -0.1) is 11.8 Å². The van der Waals surface area contributed by atoms with Gasteiger partial charge in [0.15, 0.2) is 0 Å². The second-order valence-corrected chi connectivity index (χ2v) is 6.53. The normalized spacial score (nSPS) is 18.0. The van der Waals surface area contributed by atoms with Crippen molar-refractivity contribution in [3.63, 3.8) is 0 Å². The van der Waals surface area contributed by atoms with E-state index in [1.54, 1.807) is 0 Å². The van der Waals surface area contributed by atoms with Gasteiger partial charge in [0.2, 0.25) is 0 Å². The van der Waals surface area contributed by atoms with Crippen molar-refractivity contribution in [2.45, 2.75) is 64.3 Å². The van der Waals surface area contributed by atoms with Crippen LogP contribution in [0.2, 0.25) is 0 Å². The van der Waals surface area contributed by atoms with Gasteiger partial charge in [-0.05, 0) is 6.42 Å². The minimum Gasteiger partial charge on any atom is -0.480 e. The Kier molecular flexibility index (Phi) is 9.30. The molecule has 0 aromatic carbocycles. The molecule has 1 rings (SSSR count). The lowest BCUT2D eigenvalue weighted by Crippen LogP contribution is -2.47. The first kappa shape index (κ1) is 18.1. The molecule has 0 saturated carbocycles. The molecule has 1 fully saturated rings. The summed E-state index contributed by atoms with van der Waals surface area (Å²) in [5.74, 6) is 0.0445. The third-order valence-electron chi connectivity index (χ3n) is 3.73. The summed E-state index contributed by atoms with van der Waals surface area (Å²) in [6.45, 7) is 2.86. The van der Waals surface area contributed by atoms with Gasteiger partial charge in [0.05, 0.1) is 5.88 Å². The van der Waals surface area contributed by atoms with E-state index in [0.29, 0.717) is 18.2 Å². The van der Waals surface area contributed by atoms with E-state index in [4.69, 9.17) is 5.11 Å². The van der Waals surface area contributed by atoms with Gasteiger partial charge >= 0.3 is 12.0 Å². The number of hydrogen-bond donors (Lipinski definition) is 2. The zero-order valence-electron chi connectivity index (χ0n) is 13.0. The van der Waals surface area contributed by atoms with Crippen LogP contribution in [0.1, 0.15) is 58.3 Å². The fourth-order valence-corrected chi connectivity index (χ4v) is 3.55. The number of carbonyl (C=O) groups excluding carboxylic acids is 1. The Balaban J connectivity index is 2.02. The Morgan fingerprint density at radius 3 is 2.38 bits per heavy atom. The second-order valence-electron chi connectivity index (χ2n) is 5.53. The molecule has 2 amide bonds. The van der Waals surface area contributed by atoms with Crippen molar-refractivity contribution in [3.8, 4) is 0 Å². The fourth-order valence-electron chi connectivity index (χ4n) is 2.40. The van der Waals surface area contributed by atoms with Crippen molar-refractivity contribution in [1.29, 1.82) is 0 Å². The molecule has 1 saturated heterocycles. The van der Waals surface area contributed by atoms with Crippen LogP contribution in [0.3, 0.4) is 0 Å². The Labute approximate surface area is 131 Å². The molecule has 1 heterocycles. The molecule has 21 heavy (non-hydrogen) atoms. The van der Waals surface area contributed by atoms with Crippen molar-refractivity contribution >= 4 is 23.8 Å². The molecule has 0 unspecified atom stereocenters. The highest BCUT2D eigenvalue weighted by atomic mass is 32.2. The van der Waals surface area contributed by atoms with Crippen molar-refractivity contribution in [1.82, 2.24) is 10.2 Å². The molecular formula is C15H28N2O3S. The van der Waals surface area contributed by atoms with Crippen LogP contribution in [0, 0.1) is 0 Å². The van der Waals surface area contributed by atoms with Gasteiger partial charge in [-0.3, -0.25) is 0 Å². The lowest BCUT2D eigenvalue weighted by Gasteiger charge is -2.20. The fraction of sp³-hybridized carbons (Fsp3) is 0.867. The van der Waals surface area contributed by atoms with Crippen LogP contribution < -0.4 is 5.32 Å². The summed E-state index contributed by atoms with van der Waals surface area (Å²) in [6, 6.07) is -0.913. The van der Waals surface area contributed by atoms with Crippen molar-refractivity contribution in [2.24, 2.45) is 0 Å². The minimum atomic E-state index is -0.915. The summed E-state index contributed by atoms with van der Waals surface area (Å²) < 4.78 is 0. The van der Waals surface area contributed by atoms with Gasteiger partial charge in [0.1, 0.15) is 6.04 Å². The lowest BCUT2D eigenvalue weighted by molar-refractivity contribution is -0.140. The molecule has 1 aliphatic rings. The maximum absolute atomic E-state index is 11.9. The molecule has 1 atom stereocenters. The van der Waals surface area contributed by atoms with Crippen LogP contribution in [0.5, 0.6) is 0 Å². The number of carboxylic acids is 1. The smallest absolute Gasteiger partial charge is 0.327 e. The van der Waals surface area contributed by atoms with Crippen molar-refractivity contribution < 1.29 is 14.7 Å². The number of aliphatic carboxylic acids is 1. The molecule has 0 radical (unpaired) electrons. The van der Waals surface area contributed by atoms with Crippen LogP contribution >= 0.6 is 11.8 Å². The predicted octanol–water partition coefficient (Wildman–Crippen LogP) is 3.30. The number of amides is 2. The number of thioether (sulfide) groups is 1. The largest absolute Gasteiger partial charge is 0.480 e. The molecule has 0 aromatic heterocycles. The van der Waals surface area contributed by atoms with Crippen molar-refractivity contribution in [3.05, 3.63) is 0 Å². The number of unbranched alkanes of at least 4 members (excludes halogenated alkanes) is 7. The third kappa shape index (κ3) is 7.07. The molecule has 1 aliphatic heterocycles. The first-order valence-electron chi connectivity index (χ1n) is 8.01. The van der Waals surface area contributed by atoms with Crippen LogP contribution in [-0.2, 0) is 4.79 Å². The van der Waals surface area contributed by atoms with E-state index in [-0.39, 0.29) is 6.03 Å². The van der Waals surface area contributed by atoms with E-state index in [2.05, 4.69) is 12.2 Å². The van der Waals surface area contributed by atoms with Crippen molar-refractivity contribution in [2.75, 3.05) is 18.2 Å². The number of carboxylic acid groups (broad SMARTS) is 1. The maximum atomic E-state index is 11.9. The first-order valence-corrected chi connectivity index (χ1v) is 9.17. The number of rotatable bonds is 10. The van der Waals surface area contributed by atoms with Crippen LogP contribution in [-0.4, -0.2) is 46.2 Å². The average molecular weight is 316 g/mol. The van der Waals surface area contributed by atoms with E-state index < -0.39 is 12.0 Å². The molecule has 122 valence electrons. The summed E-state index contributed by atoms with van der Waals surface area (Å²) in [4.78, 5) is 24.3. The highest BCUT2D eigenvalue weighted by molar-refractivity contribution is 7.99. The Bertz CT molecular complexity index is 326. The zero-order chi connectivity index (χ0) is 15.5. The van der Waals surface area contributed by atoms with Crippen LogP contribution in [0.25, 0.3) is 0 Å². The standard InChI is InChI=1S/C15H28N2O3S/c1-2-3-4-5-6-7-8-9-10-16-15(20)17-12-21-11-13(17)14(18)19/h13H,2-12H2,1H3,(H,16,20)(H,18,19)/t13-/m0/s1. The molecule has 0 spiro atoms. The van der Waals surface area contributed by atoms with E-state index in [9.17, 15) is 9.59 Å². The number of carbonyl (C=O) groups is 2. The summed E-state index contributed by atoms with van der Waals surface area (Å²) in [7, 11) is 0. The first-order chi connectivity index (χ1) is 10.2. The summed E-state index contributed by atoms with van der Waals surface area (Å²) in [5.41, 5.74) is 0. The number of urea groups is 1. The third-order valence-corrected chi connectivity index (χ3v) is 4.75. The van der Waals surface area contributed by atoms with E-state index in [1.807, 2.05) is 0 Å². The predicted molar refractivity (Wildman–Crippen MR) is 86.6 cm³/mol. The monoisotopic (exact) mass is 316 g/mol. The highest BCUT2D eigenvalue weighted by Crippen LogP contribution is 2.20. The zero-order valence-corrected chi connectivity index (χ0v) is 13.8. The van der Waals surface area contributed by atoms with Gasteiger partial charge in [-0.25, -0.2) is 9.59 Å². The SMILES string of the molecule is CCCCCCCCCCNC(=O)N1CSC[C@H]1C(=O)O.